The van der Waals surface area contributed by atoms with E-state index in [2.05, 4.69) is 15.7 Å². The topological polar surface area (TPSA) is 59.0 Å². The molecule has 0 aliphatic carbocycles. The number of hydrogen-bond acceptors (Lipinski definition) is 3. The van der Waals surface area contributed by atoms with Gasteiger partial charge >= 0.3 is 6.18 Å². The molecule has 3 rings (SSSR count). The molecule has 8 heteroatoms. The van der Waals surface area contributed by atoms with Gasteiger partial charge in [-0.15, -0.1) is 0 Å². The van der Waals surface area contributed by atoms with Crippen LogP contribution in [-0.2, 0) is 18.1 Å². The van der Waals surface area contributed by atoms with Gasteiger partial charge in [-0.3, -0.25) is 9.48 Å². The fraction of sp³-hybridized carbons (Fsp3) is 0.474. The summed E-state index contributed by atoms with van der Waals surface area (Å²) in [6.07, 6.45) is -2.80. The van der Waals surface area contributed by atoms with Gasteiger partial charge in [0.05, 0.1) is 17.3 Å². The number of rotatable bonds is 3. The fourth-order valence-electron chi connectivity index (χ4n) is 3.36. The van der Waals surface area contributed by atoms with Crippen molar-refractivity contribution in [3.05, 3.63) is 52.8 Å². The number of nitrogens with one attached hydrogen (secondary N) is 2. The van der Waals surface area contributed by atoms with Crippen molar-refractivity contribution in [3.63, 3.8) is 0 Å². The summed E-state index contributed by atoms with van der Waals surface area (Å²) in [6, 6.07) is 7.73. The molecule has 2 N–H and O–H groups in total. The first kappa shape index (κ1) is 19.4. The van der Waals surface area contributed by atoms with Crippen molar-refractivity contribution in [2.75, 3.05) is 13.1 Å². The zero-order chi connectivity index (χ0) is 19.8. The van der Waals surface area contributed by atoms with Crippen LogP contribution in [0.15, 0.2) is 30.5 Å². The van der Waals surface area contributed by atoms with Gasteiger partial charge in [-0.1, -0.05) is 24.3 Å². The predicted molar refractivity (Wildman–Crippen MR) is 95.4 cm³/mol. The largest absolute Gasteiger partial charge is 0.433 e. The second kappa shape index (κ2) is 6.99. The number of benzene rings is 1. The van der Waals surface area contributed by atoms with Gasteiger partial charge in [-0.05, 0) is 44.9 Å². The Hall–Kier alpha value is -2.35. The standard InChI is InChI=1S/C19H23F3N4O/c1-18(2,3)26-16(19(20,21)22)14(10-25-26)17(27)24-11-15-13-7-5-4-6-12(13)8-9-23-15/h4-7,10,15,23H,8-9,11H2,1-3H3,(H,24,27). The lowest BCUT2D eigenvalue weighted by Crippen LogP contribution is -2.39. The summed E-state index contributed by atoms with van der Waals surface area (Å²) in [4.78, 5) is 12.5. The van der Waals surface area contributed by atoms with E-state index < -0.39 is 28.9 Å². The second-order valence-electron chi connectivity index (χ2n) is 7.65. The number of carbonyl (C=O) groups excluding carboxylic acids is 1. The van der Waals surface area contributed by atoms with Crippen molar-refractivity contribution in [2.24, 2.45) is 0 Å². The van der Waals surface area contributed by atoms with Gasteiger partial charge in [-0.2, -0.15) is 18.3 Å². The quantitative estimate of drug-likeness (QED) is 0.859. The monoisotopic (exact) mass is 380 g/mol. The third-order valence-electron chi connectivity index (χ3n) is 4.60. The van der Waals surface area contributed by atoms with E-state index in [0.29, 0.717) is 0 Å². The van der Waals surface area contributed by atoms with E-state index in [1.165, 1.54) is 5.56 Å². The molecular weight excluding hydrogens is 357 g/mol. The van der Waals surface area contributed by atoms with Crippen molar-refractivity contribution >= 4 is 5.91 Å². The average molecular weight is 380 g/mol. The van der Waals surface area contributed by atoms with Crippen molar-refractivity contribution < 1.29 is 18.0 Å². The number of aromatic nitrogens is 2. The van der Waals surface area contributed by atoms with Gasteiger partial charge in [0.2, 0.25) is 0 Å². The summed E-state index contributed by atoms with van der Waals surface area (Å²) in [5, 5.41) is 9.76. The smallest absolute Gasteiger partial charge is 0.350 e. The minimum atomic E-state index is -4.67. The Morgan fingerprint density at radius 2 is 2.00 bits per heavy atom. The summed E-state index contributed by atoms with van der Waals surface area (Å²) >= 11 is 0. The number of nitrogens with zero attached hydrogens (tertiary/aromatic N) is 2. The van der Waals surface area contributed by atoms with E-state index >= 15 is 0 Å². The minimum Gasteiger partial charge on any atom is -0.350 e. The molecule has 146 valence electrons. The Balaban J connectivity index is 1.81. The first-order valence-corrected chi connectivity index (χ1v) is 8.84. The van der Waals surface area contributed by atoms with Crippen LogP contribution in [0, 0.1) is 0 Å². The molecule has 1 aliphatic rings. The lowest BCUT2D eigenvalue weighted by molar-refractivity contribution is -0.146. The molecule has 1 amide bonds. The highest BCUT2D eigenvalue weighted by Crippen LogP contribution is 2.35. The molecule has 2 heterocycles. The summed E-state index contributed by atoms with van der Waals surface area (Å²) in [7, 11) is 0. The highest BCUT2D eigenvalue weighted by Gasteiger charge is 2.42. The molecule has 0 spiro atoms. The molecule has 1 aromatic carbocycles. The lowest BCUT2D eigenvalue weighted by Gasteiger charge is -2.27. The fourth-order valence-corrected chi connectivity index (χ4v) is 3.36. The van der Waals surface area contributed by atoms with Gasteiger partial charge in [0, 0.05) is 12.6 Å². The summed E-state index contributed by atoms with van der Waals surface area (Å²) in [6.45, 7) is 5.79. The number of halogens is 3. The summed E-state index contributed by atoms with van der Waals surface area (Å²) < 4.78 is 41.6. The number of alkyl halides is 3. The van der Waals surface area contributed by atoms with Crippen LogP contribution in [0.25, 0.3) is 0 Å². The zero-order valence-corrected chi connectivity index (χ0v) is 15.5. The van der Waals surface area contributed by atoms with Crippen LogP contribution in [-0.4, -0.2) is 28.8 Å². The number of hydrogen-bond donors (Lipinski definition) is 2. The van der Waals surface area contributed by atoms with Gasteiger partial charge in [0.25, 0.3) is 5.91 Å². The Morgan fingerprint density at radius 1 is 1.30 bits per heavy atom. The van der Waals surface area contributed by atoms with E-state index in [0.717, 1.165) is 29.4 Å². The van der Waals surface area contributed by atoms with E-state index in [4.69, 9.17) is 0 Å². The SMILES string of the molecule is CC(C)(C)n1ncc(C(=O)NCC2NCCc3ccccc32)c1C(F)(F)F. The van der Waals surface area contributed by atoms with Gasteiger partial charge in [-0.25, -0.2) is 0 Å². The van der Waals surface area contributed by atoms with E-state index in [9.17, 15) is 18.0 Å². The molecule has 5 nitrogen and oxygen atoms in total. The zero-order valence-electron chi connectivity index (χ0n) is 15.5. The second-order valence-corrected chi connectivity index (χ2v) is 7.65. The van der Waals surface area contributed by atoms with Crippen LogP contribution >= 0.6 is 0 Å². The molecule has 2 aromatic rings. The Kier molecular flexibility index (Phi) is 5.03. The molecule has 0 fully saturated rings. The third-order valence-corrected chi connectivity index (χ3v) is 4.60. The van der Waals surface area contributed by atoms with Crippen LogP contribution in [0.2, 0.25) is 0 Å². The van der Waals surface area contributed by atoms with Crippen molar-refractivity contribution in [3.8, 4) is 0 Å². The van der Waals surface area contributed by atoms with Crippen molar-refractivity contribution in [1.82, 2.24) is 20.4 Å². The molecular formula is C19H23F3N4O. The summed E-state index contributed by atoms with van der Waals surface area (Å²) in [5.41, 5.74) is -0.128. The van der Waals surface area contributed by atoms with Crippen molar-refractivity contribution in [2.45, 2.75) is 44.9 Å². The first-order valence-electron chi connectivity index (χ1n) is 8.84. The van der Waals surface area contributed by atoms with E-state index in [1.807, 2.05) is 24.3 Å². The average Bonchev–Trinajstić information content (AvgIpc) is 3.05. The van der Waals surface area contributed by atoms with E-state index in [-0.39, 0.29) is 12.6 Å². The molecule has 1 atom stereocenters. The Morgan fingerprint density at radius 3 is 2.67 bits per heavy atom. The third kappa shape index (κ3) is 4.00. The Bertz CT molecular complexity index is 836. The molecule has 1 aromatic heterocycles. The molecule has 1 aliphatic heterocycles. The van der Waals surface area contributed by atoms with E-state index in [1.54, 1.807) is 20.8 Å². The highest BCUT2D eigenvalue weighted by molar-refractivity contribution is 5.95. The molecule has 27 heavy (non-hydrogen) atoms. The normalized spacial score (nSPS) is 17.5. The molecule has 0 saturated heterocycles. The molecule has 0 saturated carbocycles. The van der Waals surface area contributed by atoms with Gasteiger partial charge in [0.15, 0.2) is 5.69 Å². The number of fused-ring (bicyclic) bond motifs is 1. The number of amides is 1. The van der Waals surface area contributed by atoms with Crippen LogP contribution < -0.4 is 10.6 Å². The highest BCUT2D eigenvalue weighted by atomic mass is 19.4. The minimum absolute atomic E-state index is 0.133. The van der Waals surface area contributed by atoms with Crippen LogP contribution in [0.3, 0.4) is 0 Å². The first-order chi connectivity index (χ1) is 12.6. The van der Waals surface area contributed by atoms with Crippen LogP contribution in [0.4, 0.5) is 13.2 Å². The maximum absolute atomic E-state index is 13.6. The molecule has 1 unspecified atom stereocenters. The van der Waals surface area contributed by atoms with Gasteiger partial charge < -0.3 is 10.6 Å². The Labute approximate surface area is 155 Å². The number of carbonyl (C=O) groups is 1. The summed E-state index contributed by atoms with van der Waals surface area (Å²) in [5.74, 6) is -0.775. The lowest BCUT2D eigenvalue weighted by atomic mass is 9.94. The van der Waals surface area contributed by atoms with Gasteiger partial charge in [0.1, 0.15) is 0 Å². The maximum Gasteiger partial charge on any atom is 0.433 e. The molecule has 0 radical (unpaired) electrons. The van der Waals surface area contributed by atoms with Crippen LogP contribution in [0.5, 0.6) is 0 Å². The predicted octanol–water partition coefficient (Wildman–Crippen LogP) is 3.27. The van der Waals surface area contributed by atoms with Crippen molar-refractivity contribution in [1.29, 1.82) is 0 Å². The molecule has 0 bridgehead atoms. The van der Waals surface area contributed by atoms with Crippen LogP contribution in [0.1, 0.15) is 54.0 Å². The maximum atomic E-state index is 13.6.